The van der Waals surface area contributed by atoms with Gasteiger partial charge < -0.3 is 14.6 Å². The Morgan fingerprint density at radius 2 is 1.86 bits per heavy atom. The summed E-state index contributed by atoms with van der Waals surface area (Å²) in [5, 5.41) is 8.46. The molecule has 1 saturated heterocycles. The molecule has 1 fully saturated rings. The summed E-state index contributed by atoms with van der Waals surface area (Å²) >= 11 is 0. The molecule has 1 aliphatic rings. The van der Waals surface area contributed by atoms with Gasteiger partial charge in [0.25, 0.3) is 6.48 Å². The monoisotopic (exact) mass is 104 g/mol. The first-order chi connectivity index (χ1) is 3.39. The molecule has 0 radical (unpaired) electrons. The molecule has 0 bridgehead atoms. The Morgan fingerprint density at radius 3 is 2.14 bits per heavy atom. The van der Waals surface area contributed by atoms with Crippen LogP contribution in [-0.4, -0.2) is 24.8 Å². The molecule has 0 amide bonds. The molecule has 3 nitrogen and oxygen atoms in total. The molecule has 0 aromatic heterocycles. The van der Waals surface area contributed by atoms with Crippen molar-refractivity contribution in [3.63, 3.8) is 0 Å². The lowest BCUT2D eigenvalue weighted by Crippen LogP contribution is -2.23. The SMILES string of the molecule is OC1OCCCO1. The minimum absolute atomic E-state index is 0.612. The molecule has 0 atom stereocenters. The Hall–Kier alpha value is -0.120. The molecule has 1 heterocycles. The van der Waals surface area contributed by atoms with Crippen LogP contribution in [0, 0.1) is 0 Å². The van der Waals surface area contributed by atoms with Crippen LogP contribution in [0.15, 0.2) is 0 Å². The molecule has 42 valence electrons. The van der Waals surface area contributed by atoms with Gasteiger partial charge in [0.1, 0.15) is 0 Å². The van der Waals surface area contributed by atoms with Gasteiger partial charge in [-0.15, -0.1) is 0 Å². The number of rotatable bonds is 0. The van der Waals surface area contributed by atoms with Crippen molar-refractivity contribution in [1.82, 2.24) is 0 Å². The fourth-order valence-corrected chi connectivity index (χ4v) is 0.475. The molecule has 1 rings (SSSR count). The van der Waals surface area contributed by atoms with Crippen molar-refractivity contribution < 1.29 is 14.6 Å². The van der Waals surface area contributed by atoms with Crippen molar-refractivity contribution >= 4 is 0 Å². The summed E-state index contributed by atoms with van der Waals surface area (Å²) in [4.78, 5) is 0. The predicted octanol–water partition coefficient (Wildman–Crippen LogP) is -0.301. The van der Waals surface area contributed by atoms with Gasteiger partial charge >= 0.3 is 0 Å². The third-order valence-corrected chi connectivity index (χ3v) is 0.810. The van der Waals surface area contributed by atoms with Crippen molar-refractivity contribution in [2.45, 2.75) is 12.9 Å². The summed E-state index contributed by atoms with van der Waals surface area (Å²) in [7, 11) is 0. The van der Waals surface area contributed by atoms with Crippen LogP contribution in [0.1, 0.15) is 6.42 Å². The van der Waals surface area contributed by atoms with Gasteiger partial charge in [-0.05, 0) is 6.42 Å². The van der Waals surface area contributed by atoms with E-state index in [9.17, 15) is 0 Å². The molecular weight excluding hydrogens is 96.0 g/mol. The second-order valence-corrected chi connectivity index (χ2v) is 1.40. The topological polar surface area (TPSA) is 38.7 Å². The third kappa shape index (κ3) is 1.43. The Bertz CT molecular complexity index is 48.9. The minimum Gasteiger partial charge on any atom is -0.346 e. The first kappa shape index (κ1) is 5.03. The van der Waals surface area contributed by atoms with Crippen molar-refractivity contribution in [3.8, 4) is 0 Å². The normalized spacial score (nSPS) is 25.3. The van der Waals surface area contributed by atoms with E-state index in [-0.39, 0.29) is 0 Å². The van der Waals surface area contributed by atoms with E-state index in [0.717, 1.165) is 6.42 Å². The van der Waals surface area contributed by atoms with Crippen LogP contribution in [0.5, 0.6) is 0 Å². The van der Waals surface area contributed by atoms with Crippen molar-refractivity contribution in [1.29, 1.82) is 0 Å². The average Bonchev–Trinajstić information content (AvgIpc) is 1.69. The van der Waals surface area contributed by atoms with E-state index < -0.39 is 6.48 Å². The number of aliphatic hydroxyl groups is 1. The summed E-state index contributed by atoms with van der Waals surface area (Å²) in [6.07, 6.45) is 0.886. The van der Waals surface area contributed by atoms with E-state index in [0.29, 0.717) is 13.2 Å². The molecule has 0 spiro atoms. The number of aliphatic hydroxyl groups excluding tert-OH is 1. The van der Waals surface area contributed by atoms with E-state index in [4.69, 9.17) is 5.11 Å². The van der Waals surface area contributed by atoms with E-state index in [1.165, 1.54) is 0 Å². The van der Waals surface area contributed by atoms with Gasteiger partial charge in [0.05, 0.1) is 13.2 Å². The fraction of sp³-hybridized carbons (Fsp3) is 1.00. The smallest absolute Gasteiger partial charge is 0.269 e. The van der Waals surface area contributed by atoms with Crippen molar-refractivity contribution in [2.75, 3.05) is 13.2 Å². The van der Waals surface area contributed by atoms with Gasteiger partial charge in [-0.25, -0.2) is 0 Å². The van der Waals surface area contributed by atoms with Crippen LogP contribution in [0.2, 0.25) is 0 Å². The standard InChI is InChI=1S/C4H8O3/c5-4-6-2-1-3-7-4/h4-5H,1-3H2. The van der Waals surface area contributed by atoms with Crippen LogP contribution in [0.25, 0.3) is 0 Å². The highest BCUT2D eigenvalue weighted by Gasteiger charge is 2.07. The second kappa shape index (κ2) is 2.26. The van der Waals surface area contributed by atoms with Crippen LogP contribution in [-0.2, 0) is 9.47 Å². The maximum absolute atomic E-state index is 8.46. The number of hydrogen-bond donors (Lipinski definition) is 1. The summed E-state index contributed by atoms with van der Waals surface area (Å²) in [5.74, 6) is 0. The Morgan fingerprint density at radius 1 is 1.29 bits per heavy atom. The highest BCUT2D eigenvalue weighted by molar-refractivity contribution is 4.38. The van der Waals surface area contributed by atoms with Gasteiger partial charge in [0.15, 0.2) is 0 Å². The fourth-order valence-electron chi connectivity index (χ4n) is 0.475. The predicted molar refractivity (Wildman–Crippen MR) is 22.5 cm³/mol. The van der Waals surface area contributed by atoms with Gasteiger partial charge in [-0.1, -0.05) is 0 Å². The summed E-state index contributed by atoms with van der Waals surface area (Å²) in [5.41, 5.74) is 0. The maximum atomic E-state index is 8.46. The lowest BCUT2D eigenvalue weighted by molar-refractivity contribution is -0.287. The quantitative estimate of drug-likeness (QED) is 0.458. The lowest BCUT2D eigenvalue weighted by atomic mass is 10.5. The Balaban J connectivity index is 2.12. The highest BCUT2D eigenvalue weighted by Crippen LogP contribution is 1.99. The molecule has 7 heavy (non-hydrogen) atoms. The summed E-state index contributed by atoms with van der Waals surface area (Å²) in [6.45, 7) is 0.260. The molecule has 1 aliphatic heterocycles. The second-order valence-electron chi connectivity index (χ2n) is 1.40. The molecular formula is C4H8O3. The zero-order valence-electron chi connectivity index (χ0n) is 3.96. The van der Waals surface area contributed by atoms with Gasteiger partial charge in [-0.3, -0.25) is 0 Å². The zero-order valence-corrected chi connectivity index (χ0v) is 3.96. The molecule has 0 aliphatic carbocycles. The largest absolute Gasteiger partial charge is 0.346 e. The number of hydrogen-bond acceptors (Lipinski definition) is 3. The number of ether oxygens (including phenoxy) is 2. The Kier molecular flexibility index (Phi) is 1.62. The molecule has 0 aromatic rings. The van der Waals surface area contributed by atoms with E-state index in [2.05, 4.69) is 9.47 Å². The maximum Gasteiger partial charge on any atom is 0.269 e. The van der Waals surface area contributed by atoms with Gasteiger partial charge in [-0.2, -0.15) is 0 Å². The lowest BCUT2D eigenvalue weighted by Gasteiger charge is -2.16. The highest BCUT2D eigenvalue weighted by atomic mass is 16.8. The van der Waals surface area contributed by atoms with Gasteiger partial charge in [0.2, 0.25) is 0 Å². The Labute approximate surface area is 41.8 Å². The molecule has 3 heteroatoms. The van der Waals surface area contributed by atoms with Crippen LogP contribution >= 0.6 is 0 Å². The molecule has 0 unspecified atom stereocenters. The van der Waals surface area contributed by atoms with Crippen LogP contribution in [0.4, 0.5) is 0 Å². The van der Waals surface area contributed by atoms with Crippen LogP contribution in [0.3, 0.4) is 0 Å². The molecule has 0 saturated carbocycles. The zero-order chi connectivity index (χ0) is 5.11. The van der Waals surface area contributed by atoms with E-state index in [1.807, 2.05) is 0 Å². The molecule has 0 aromatic carbocycles. The van der Waals surface area contributed by atoms with E-state index >= 15 is 0 Å². The van der Waals surface area contributed by atoms with Crippen molar-refractivity contribution in [3.05, 3.63) is 0 Å². The van der Waals surface area contributed by atoms with Gasteiger partial charge in [0, 0.05) is 0 Å². The summed E-state index contributed by atoms with van der Waals surface area (Å²) < 4.78 is 9.22. The van der Waals surface area contributed by atoms with Crippen LogP contribution < -0.4 is 0 Å². The first-order valence-corrected chi connectivity index (χ1v) is 2.31. The summed E-state index contributed by atoms with van der Waals surface area (Å²) in [6, 6.07) is 0. The van der Waals surface area contributed by atoms with Crippen molar-refractivity contribution in [2.24, 2.45) is 0 Å². The average molecular weight is 104 g/mol. The molecule has 1 N–H and O–H groups in total. The first-order valence-electron chi connectivity index (χ1n) is 2.31. The minimum atomic E-state index is -0.964. The third-order valence-electron chi connectivity index (χ3n) is 0.810. The van der Waals surface area contributed by atoms with E-state index in [1.54, 1.807) is 0 Å².